The summed E-state index contributed by atoms with van der Waals surface area (Å²) in [6.07, 6.45) is 0. The second-order valence-corrected chi connectivity index (χ2v) is 6.13. The Bertz CT molecular complexity index is 680. The predicted molar refractivity (Wildman–Crippen MR) is 74.5 cm³/mol. The normalized spacial score (nSPS) is 11.7. The summed E-state index contributed by atoms with van der Waals surface area (Å²) >= 11 is 0. The topological polar surface area (TPSA) is 84.2 Å². The molecule has 2 N–H and O–H groups in total. The van der Waals surface area contributed by atoms with Gasteiger partial charge in [-0.1, -0.05) is 23.4 Å². The first-order chi connectivity index (χ1) is 9.53. The van der Waals surface area contributed by atoms with Gasteiger partial charge in [0.25, 0.3) is 0 Å². The third kappa shape index (κ3) is 3.44. The number of hydrogen-bond acceptors (Lipinski definition) is 5. The first kappa shape index (κ1) is 14.7. The van der Waals surface area contributed by atoms with Crippen molar-refractivity contribution in [1.82, 2.24) is 15.2 Å². The number of nitrogens with one attached hydrogen (secondary N) is 2. The molecule has 0 spiro atoms. The fourth-order valence-electron chi connectivity index (χ4n) is 1.85. The molecule has 0 fully saturated rings. The van der Waals surface area contributed by atoms with Crippen LogP contribution in [0.5, 0.6) is 0 Å². The molecular weight excluding hydrogens is 278 g/mol. The smallest absolute Gasteiger partial charge is 0.241 e. The number of nitrogens with zero attached hydrogens (tertiary/aromatic N) is 1. The summed E-state index contributed by atoms with van der Waals surface area (Å²) in [5.41, 5.74) is 1.27. The average Bonchev–Trinajstić information content (AvgIpc) is 2.83. The van der Waals surface area contributed by atoms with Crippen molar-refractivity contribution in [2.75, 3.05) is 7.05 Å². The number of hydrogen-bond donors (Lipinski definition) is 2. The Hall–Kier alpha value is -1.70. The van der Waals surface area contributed by atoms with Gasteiger partial charge in [0.05, 0.1) is 17.1 Å². The summed E-state index contributed by atoms with van der Waals surface area (Å²) in [7, 11) is -1.80. The lowest BCUT2D eigenvalue weighted by Crippen LogP contribution is -2.25. The van der Waals surface area contributed by atoms with E-state index in [1.54, 1.807) is 38.2 Å². The molecule has 1 aromatic heterocycles. The zero-order chi connectivity index (χ0) is 14.6. The van der Waals surface area contributed by atoms with Crippen LogP contribution in [0.15, 0.2) is 39.8 Å². The van der Waals surface area contributed by atoms with Crippen molar-refractivity contribution < 1.29 is 12.9 Å². The zero-order valence-electron chi connectivity index (χ0n) is 11.4. The summed E-state index contributed by atoms with van der Waals surface area (Å²) in [6, 6.07) is 8.58. The SMILES string of the molecule is CNCc1ccccc1S(=O)(=O)NCc1cc(C)on1. The van der Waals surface area contributed by atoms with Gasteiger partial charge in [-0.15, -0.1) is 0 Å². The van der Waals surface area contributed by atoms with Crippen LogP contribution in [0, 0.1) is 6.92 Å². The van der Waals surface area contributed by atoms with E-state index in [-0.39, 0.29) is 11.4 Å². The fourth-order valence-corrected chi connectivity index (χ4v) is 3.09. The van der Waals surface area contributed by atoms with E-state index < -0.39 is 10.0 Å². The molecule has 2 aromatic rings. The molecule has 7 heteroatoms. The fraction of sp³-hybridized carbons (Fsp3) is 0.308. The van der Waals surface area contributed by atoms with Gasteiger partial charge in [0, 0.05) is 12.6 Å². The van der Waals surface area contributed by atoms with Gasteiger partial charge in [-0.05, 0) is 25.6 Å². The van der Waals surface area contributed by atoms with Crippen molar-refractivity contribution in [1.29, 1.82) is 0 Å². The van der Waals surface area contributed by atoms with Crippen LogP contribution in [-0.4, -0.2) is 20.6 Å². The van der Waals surface area contributed by atoms with Crippen LogP contribution < -0.4 is 10.0 Å². The first-order valence-corrected chi connectivity index (χ1v) is 7.65. The van der Waals surface area contributed by atoms with Crippen LogP contribution in [0.4, 0.5) is 0 Å². The first-order valence-electron chi connectivity index (χ1n) is 6.17. The molecule has 0 aliphatic heterocycles. The zero-order valence-corrected chi connectivity index (χ0v) is 12.2. The Morgan fingerprint density at radius 2 is 2.00 bits per heavy atom. The minimum atomic E-state index is -3.57. The highest BCUT2D eigenvalue weighted by Crippen LogP contribution is 2.15. The van der Waals surface area contributed by atoms with Crippen molar-refractivity contribution >= 4 is 10.0 Å². The molecule has 0 unspecified atom stereocenters. The maximum Gasteiger partial charge on any atom is 0.241 e. The lowest BCUT2D eigenvalue weighted by molar-refractivity contribution is 0.390. The quantitative estimate of drug-likeness (QED) is 0.836. The minimum Gasteiger partial charge on any atom is -0.361 e. The minimum absolute atomic E-state index is 0.105. The van der Waals surface area contributed by atoms with Gasteiger partial charge < -0.3 is 9.84 Å². The van der Waals surface area contributed by atoms with Crippen molar-refractivity contribution in [3.8, 4) is 0 Å². The van der Waals surface area contributed by atoms with Crippen LogP contribution in [0.1, 0.15) is 17.0 Å². The van der Waals surface area contributed by atoms with Crippen molar-refractivity contribution in [3.63, 3.8) is 0 Å². The lowest BCUT2D eigenvalue weighted by atomic mass is 10.2. The molecule has 0 saturated carbocycles. The molecule has 0 bridgehead atoms. The van der Waals surface area contributed by atoms with E-state index in [1.165, 1.54) is 0 Å². The molecule has 0 atom stereocenters. The monoisotopic (exact) mass is 295 g/mol. The molecule has 20 heavy (non-hydrogen) atoms. The second-order valence-electron chi connectivity index (χ2n) is 4.39. The molecule has 0 aliphatic rings. The van der Waals surface area contributed by atoms with Crippen molar-refractivity contribution in [2.24, 2.45) is 0 Å². The summed E-state index contributed by atoms with van der Waals surface area (Å²) in [6.45, 7) is 2.35. The largest absolute Gasteiger partial charge is 0.361 e. The predicted octanol–water partition coefficient (Wildman–Crippen LogP) is 1.18. The average molecular weight is 295 g/mol. The highest BCUT2D eigenvalue weighted by atomic mass is 32.2. The molecule has 0 radical (unpaired) electrons. The van der Waals surface area contributed by atoms with Crippen molar-refractivity contribution in [2.45, 2.75) is 24.9 Å². The molecule has 1 heterocycles. The number of rotatable bonds is 6. The highest BCUT2D eigenvalue weighted by molar-refractivity contribution is 7.89. The Balaban J connectivity index is 2.18. The lowest BCUT2D eigenvalue weighted by Gasteiger charge is -2.10. The molecule has 6 nitrogen and oxygen atoms in total. The summed E-state index contributed by atoms with van der Waals surface area (Å²) in [5, 5.41) is 6.71. The molecule has 108 valence electrons. The van der Waals surface area contributed by atoms with E-state index in [9.17, 15) is 8.42 Å². The second kappa shape index (κ2) is 6.17. The maximum absolute atomic E-state index is 12.3. The van der Waals surface area contributed by atoms with Crippen LogP contribution in [-0.2, 0) is 23.1 Å². The summed E-state index contributed by atoms with van der Waals surface area (Å²) < 4.78 is 32.0. The van der Waals surface area contributed by atoms with Gasteiger partial charge >= 0.3 is 0 Å². The van der Waals surface area contributed by atoms with Crippen LogP contribution in [0.25, 0.3) is 0 Å². The van der Waals surface area contributed by atoms with Gasteiger partial charge in [0.2, 0.25) is 10.0 Å². The standard InChI is InChI=1S/C13H17N3O3S/c1-10-7-12(16-19-10)9-15-20(17,18)13-6-4-3-5-11(13)8-14-2/h3-7,14-15H,8-9H2,1-2H3. The van der Waals surface area contributed by atoms with E-state index in [1.807, 2.05) is 6.07 Å². The van der Waals surface area contributed by atoms with E-state index in [0.29, 0.717) is 18.0 Å². The van der Waals surface area contributed by atoms with Crippen LogP contribution in [0.3, 0.4) is 0 Å². The van der Waals surface area contributed by atoms with Gasteiger partial charge in [-0.25, -0.2) is 13.1 Å². The molecule has 1 aromatic carbocycles. The van der Waals surface area contributed by atoms with Gasteiger partial charge in [-0.2, -0.15) is 0 Å². The Morgan fingerprint density at radius 1 is 1.25 bits per heavy atom. The van der Waals surface area contributed by atoms with Gasteiger partial charge in [0.1, 0.15) is 5.76 Å². The third-order valence-corrected chi connectivity index (χ3v) is 4.25. The third-order valence-electron chi connectivity index (χ3n) is 2.75. The van der Waals surface area contributed by atoms with E-state index >= 15 is 0 Å². The Labute approximate surface area is 118 Å². The summed E-state index contributed by atoms with van der Waals surface area (Å²) in [5.74, 6) is 0.648. The van der Waals surface area contributed by atoms with Gasteiger partial charge in [0.15, 0.2) is 0 Å². The number of aromatic nitrogens is 1. The maximum atomic E-state index is 12.3. The number of benzene rings is 1. The molecule has 0 amide bonds. The molecule has 0 aliphatic carbocycles. The van der Waals surface area contributed by atoms with Crippen LogP contribution in [0.2, 0.25) is 0 Å². The molecule has 2 rings (SSSR count). The van der Waals surface area contributed by atoms with E-state index in [2.05, 4.69) is 15.2 Å². The van der Waals surface area contributed by atoms with E-state index in [0.717, 1.165) is 5.56 Å². The Kier molecular flexibility index (Phi) is 4.53. The molecular formula is C13H17N3O3S. The van der Waals surface area contributed by atoms with Crippen molar-refractivity contribution in [3.05, 3.63) is 47.3 Å². The van der Waals surface area contributed by atoms with Crippen LogP contribution >= 0.6 is 0 Å². The van der Waals surface area contributed by atoms with E-state index in [4.69, 9.17) is 4.52 Å². The van der Waals surface area contributed by atoms with Gasteiger partial charge in [-0.3, -0.25) is 0 Å². The number of sulfonamides is 1. The summed E-state index contributed by atoms with van der Waals surface area (Å²) in [4.78, 5) is 0.273. The Morgan fingerprint density at radius 3 is 2.65 bits per heavy atom. The number of aryl methyl sites for hydroxylation is 1. The molecule has 0 saturated heterocycles. The highest BCUT2D eigenvalue weighted by Gasteiger charge is 2.18.